The molecule has 0 radical (unpaired) electrons. The van der Waals surface area contributed by atoms with Gasteiger partial charge in [-0.25, -0.2) is 8.42 Å². The van der Waals surface area contributed by atoms with Crippen molar-refractivity contribution in [3.63, 3.8) is 0 Å². The summed E-state index contributed by atoms with van der Waals surface area (Å²) in [4.78, 5) is 8.28. The van der Waals surface area contributed by atoms with Crippen LogP contribution in [0.15, 0.2) is 82.2 Å². The standard InChI is InChI=1S/C23H24N4O4S/c24-23-26-21-12-11-20(14-22(21)31-23)32(29,30)27(15-18-8-4-5-13-25-18)16-19(28)10-9-17-6-2-1-3-7-17/h1-8,11-14,19,28H,9-10,15-16H2,(H2,24,26). The zero-order valence-electron chi connectivity index (χ0n) is 17.3. The Morgan fingerprint density at radius 1 is 1.06 bits per heavy atom. The van der Waals surface area contributed by atoms with E-state index in [1.54, 1.807) is 30.5 Å². The van der Waals surface area contributed by atoms with Gasteiger partial charge in [-0.15, -0.1) is 0 Å². The molecule has 0 saturated carbocycles. The van der Waals surface area contributed by atoms with E-state index in [1.165, 1.54) is 16.4 Å². The van der Waals surface area contributed by atoms with Gasteiger partial charge in [0.05, 0.1) is 23.2 Å². The Morgan fingerprint density at radius 2 is 1.84 bits per heavy atom. The van der Waals surface area contributed by atoms with E-state index in [1.807, 2.05) is 30.3 Å². The molecule has 2 aromatic carbocycles. The fourth-order valence-corrected chi connectivity index (χ4v) is 4.92. The number of hydrogen-bond acceptors (Lipinski definition) is 7. The van der Waals surface area contributed by atoms with Gasteiger partial charge in [0.2, 0.25) is 10.0 Å². The number of aliphatic hydroxyl groups is 1. The molecule has 0 aliphatic rings. The summed E-state index contributed by atoms with van der Waals surface area (Å²) in [6.07, 6.45) is 1.83. The first-order valence-electron chi connectivity index (χ1n) is 10.2. The minimum absolute atomic E-state index is 0.0299. The number of anilines is 1. The molecule has 2 aromatic heterocycles. The summed E-state index contributed by atoms with van der Waals surface area (Å²) >= 11 is 0. The average molecular weight is 453 g/mol. The van der Waals surface area contributed by atoms with Gasteiger partial charge >= 0.3 is 0 Å². The highest BCUT2D eigenvalue weighted by atomic mass is 32.2. The minimum atomic E-state index is -3.95. The fourth-order valence-electron chi connectivity index (χ4n) is 3.46. The van der Waals surface area contributed by atoms with Crippen molar-refractivity contribution in [3.8, 4) is 0 Å². The number of pyridine rings is 1. The number of aliphatic hydroxyl groups excluding tert-OH is 1. The van der Waals surface area contributed by atoms with Gasteiger partial charge in [-0.1, -0.05) is 36.4 Å². The number of benzene rings is 2. The lowest BCUT2D eigenvalue weighted by molar-refractivity contribution is 0.135. The minimum Gasteiger partial charge on any atom is -0.424 e. The van der Waals surface area contributed by atoms with Crippen LogP contribution in [0.3, 0.4) is 0 Å². The highest BCUT2D eigenvalue weighted by Crippen LogP contribution is 2.25. The number of rotatable bonds is 9. The van der Waals surface area contributed by atoms with Crippen LogP contribution in [0.25, 0.3) is 11.1 Å². The van der Waals surface area contributed by atoms with Crippen molar-refractivity contribution in [2.24, 2.45) is 0 Å². The summed E-state index contributed by atoms with van der Waals surface area (Å²) in [6, 6.07) is 19.4. The highest BCUT2D eigenvalue weighted by molar-refractivity contribution is 7.89. The quantitative estimate of drug-likeness (QED) is 0.400. The van der Waals surface area contributed by atoms with Gasteiger partial charge < -0.3 is 15.3 Å². The molecule has 0 aliphatic heterocycles. The van der Waals surface area contributed by atoms with E-state index in [0.29, 0.717) is 24.1 Å². The smallest absolute Gasteiger partial charge is 0.292 e. The second-order valence-electron chi connectivity index (χ2n) is 7.48. The lowest BCUT2D eigenvalue weighted by atomic mass is 10.1. The van der Waals surface area contributed by atoms with Crippen LogP contribution in [0, 0.1) is 0 Å². The van der Waals surface area contributed by atoms with Gasteiger partial charge in [-0.3, -0.25) is 4.98 Å². The van der Waals surface area contributed by atoms with E-state index >= 15 is 0 Å². The maximum absolute atomic E-state index is 13.5. The van der Waals surface area contributed by atoms with Crippen LogP contribution < -0.4 is 5.73 Å². The number of hydrogen-bond donors (Lipinski definition) is 2. The summed E-state index contributed by atoms with van der Waals surface area (Å²) in [5.41, 5.74) is 8.00. The van der Waals surface area contributed by atoms with Crippen LogP contribution in [0.2, 0.25) is 0 Å². The third-order valence-corrected chi connectivity index (χ3v) is 6.91. The molecule has 1 unspecified atom stereocenters. The molecule has 0 saturated heterocycles. The molecular formula is C23H24N4O4S. The van der Waals surface area contributed by atoms with Crippen LogP contribution in [-0.2, 0) is 23.0 Å². The zero-order chi connectivity index (χ0) is 22.6. The van der Waals surface area contributed by atoms with E-state index in [-0.39, 0.29) is 29.6 Å². The molecule has 32 heavy (non-hydrogen) atoms. The Balaban J connectivity index is 1.58. The Labute approximate surface area is 186 Å². The van der Waals surface area contributed by atoms with Crippen LogP contribution in [0.5, 0.6) is 0 Å². The molecule has 0 amide bonds. The second-order valence-corrected chi connectivity index (χ2v) is 9.42. The maximum atomic E-state index is 13.5. The zero-order valence-corrected chi connectivity index (χ0v) is 18.1. The molecule has 9 heteroatoms. The number of sulfonamides is 1. The summed E-state index contributed by atoms with van der Waals surface area (Å²) in [5.74, 6) is 0. The predicted octanol–water partition coefficient (Wildman–Crippen LogP) is 2.99. The van der Waals surface area contributed by atoms with Crippen LogP contribution in [-0.4, -0.2) is 40.4 Å². The lowest BCUT2D eigenvalue weighted by Crippen LogP contribution is -2.37. The Kier molecular flexibility index (Phi) is 6.50. The van der Waals surface area contributed by atoms with Crippen LogP contribution >= 0.6 is 0 Å². The normalized spacial score (nSPS) is 12.9. The van der Waals surface area contributed by atoms with Crippen molar-refractivity contribution in [2.75, 3.05) is 12.3 Å². The van der Waals surface area contributed by atoms with Crippen LogP contribution in [0.4, 0.5) is 6.01 Å². The molecule has 0 aliphatic carbocycles. The summed E-state index contributed by atoms with van der Waals surface area (Å²) in [7, 11) is -3.95. The van der Waals surface area contributed by atoms with Crippen molar-refractivity contribution in [1.82, 2.24) is 14.3 Å². The molecule has 4 rings (SSSR count). The van der Waals surface area contributed by atoms with E-state index in [0.717, 1.165) is 5.56 Å². The summed E-state index contributed by atoms with van der Waals surface area (Å²) in [6.45, 7) is -0.0372. The first-order valence-corrected chi connectivity index (χ1v) is 11.6. The van der Waals surface area contributed by atoms with Gasteiger partial charge in [0.1, 0.15) is 5.52 Å². The number of nitrogens with two attached hydrogens (primary N) is 1. The molecular weight excluding hydrogens is 428 g/mol. The Hall–Kier alpha value is -3.27. The van der Waals surface area contributed by atoms with Crippen LogP contribution in [0.1, 0.15) is 17.7 Å². The summed E-state index contributed by atoms with van der Waals surface area (Å²) in [5, 5.41) is 10.7. The largest absolute Gasteiger partial charge is 0.424 e. The van der Waals surface area contributed by atoms with Gasteiger partial charge in [-0.05, 0) is 42.7 Å². The van der Waals surface area contributed by atoms with Gasteiger partial charge in [-0.2, -0.15) is 9.29 Å². The summed E-state index contributed by atoms with van der Waals surface area (Å²) < 4.78 is 33.5. The monoisotopic (exact) mass is 452 g/mol. The number of oxazole rings is 1. The fraction of sp³-hybridized carbons (Fsp3) is 0.217. The first kappa shape index (κ1) is 21.9. The average Bonchev–Trinajstić information content (AvgIpc) is 3.18. The number of fused-ring (bicyclic) bond motifs is 1. The lowest BCUT2D eigenvalue weighted by Gasteiger charge is -2.24. The molecule has 2 heterocycles. The number of nitrogen functional groups attached to an aromatic ring is 1. The molecule has 4 aromatic rings. The van der Waals surface area contributed by atoms with E-state index < -0.39 is 16.1 Å². The van der Waals surface area contributed by atoms with E-state index in [2.05, 4.69) is 9.97 Å². The second kappa shape index (κ2) is 9.47. The SMILES string of the molecule is Nc1nc2ccc(S(=O)(=O)N(Cc3ccccn3)CC(O)CCc3ccccc3)cc2o1. The molecule has 3 N–H and O–H groups in total. The third kappa shape index (κ3) is 5.13. The van der Waals surface area contributed by atoms with Crippen molar-refractivity contribution in [1.29, 1.82) is 0 Å². The highest BCUT2D eigenvalue weighted by Gasteiger charge is 2.28. The number of aromatic nitrogens is 2. The first-order chi connectivity index (χ1) is 15.4. The van der Waals surface area contributed by atoms with Gasteiger partial charge in [0, 0.05) is 18.8 Å². The molecule has 0 spiro atoms. The van der Waals surface area contributed by atoms with Gasteiger partial charge in [0.15, 0.2) is 5.58 Å². The molecule has 0 fully saturated rings. The van der Waals surface area contributed by atoms with E-state index in [4.69, 9.17) is 10.2 Å². The predicted molar refractivity (Wildman–Crippen MR) is 121 cm³/mol. The van der Waals surface area contributed by atoms with E-state index in [9.17, 15) is 13.5 Å². The van der Waals surface area contributed by atoms with Crippen molar-refractivity contribution in [3.05, 3.63) is 84.2 Å². The van der Waals surface area contributed by atoms with Crippen molar-refractivity contribution < 1.29 is 17.9 Å². The molecule has 166 valence electrons. The number of nitrogens with zero attached hydrogens (tertiary/aromatic N) is 3. The topological polar surface area (TPSA) is 123 Å². The Morgan fingerprint density at radius 3 is 2.59 bits per heavy atom. The third-order valence-electron chi connectivity index (χ3n) is 5.10. The van der Waals surface area contributed by atoms with Crippen molar-refractivity contribution >= 4 is 27.1 Å². The Bertz CT molecular complexity index is 1280. The molecule has 8 nitrogen and oxygen atoms in total. The maximum Gasteiger partial charge on any atom is 0.292 e. The number of aryl methyl sites for hydroxylation is 1. The molecule has 0 bridgehead atoms. The van der Waals surface area contributed by atoms with Crippen molar-refractivity contribution in [2.45, 2.75) is 30.4 Å². The van der Waals surface area contributed by atoms with Gasteiger partial charge in [0.25, 0.3) is 6.01 Å². The molecule has 1 atom stereocenters.